The summed E-state index contributed by atoms with van der Waals surface area (Å²) in [6.07, 6.45) is 5.57. The van der Waals surface area contributed by atoms with E-state index in [1.807, 2.05) is 0 Å². The molecular weight excluding hydrogens is 110 g/mol. The fourth-order valence-electron chi connectivity index (χ4n) is 1.76. The van der Waals surface area contributed by atoms with Gasteiger partial charge in [0.15, 0.2) is 0 Å². The second kappa shape index (κ2) is 3.21. The van der Waals surface area contributed by atoms with E-state index in [2.05, 4.69) is 6.92 Å². The summed E-state index contributed by atoms with van der Waals surface area (Å²) in [6.45, 7) is 3.19. The molecule has 2 N–H and O–H groups in total. The monoisotopic (exact) mass is 127 g/mol. The topological polar surface area (TPSA) is 26.0 Å². The Morgan fingerprint density at radius 3 is 2.33 bits per heavy atom. The Hall–Kier alpha value is -0.0400. The molecule has 0 aliphatic heterocycles. The normalized spacial score (nSPS) is 35.3. The SMILES string of the molecule is CC[C@H]1CC[C@@H](CN)C1. The quantitative estimate of drug-likeness (QED) is 0.601. The van der Waals surface area contributed by atoms with Crippen molar-refractivity contribution in [3.63, 3.8) is 0 Å². The fourth-order valence-corrected chi connectivity index (χ4v) is 1.76. The van der Waals surface area contributed by atoms with Crippen LogP contribution in [0.3, 0.4) is 0 Å². The molecule has 0 aromatic heterocycles. The molecule has 0 heterocycles. The van der Waals surface area contributed by atoms with Crippen LogP contribution in [0.15, 0.2) is 0 Å². The number of rotatable bonds is 2. The minimum Gasteiger partial charge on any atom is -0.330 e. The minimum absolute atomic E-state index is 0.856. The molecule has 0 saturated heterocycles. The van der Waals surface area contributed by atoms with Gasteiger partial charge in [-0.15, -0.1) is 0 Å². The van der Waals surface area contributed by atoms with Gasteiger partial charge in [-0.05, 0) is 31.2 Å². The Labute approximate surface area is 57.6 Å². The van der Waals surface area contributed by atoms with Crippen LogP contribution < -0.4 is 5.73 Å². The van der Waals surface area contributed by atoms with Crippen LogP contribution in [-0.2, 0) is 0 Å². The van der Waals surface area contributed by atoms with E-state index >= 15 is 0 Å². The van der Waals surface area contributed by atoms with E-state index in [-0.39, 0.29) is 0 Å². The Morgan fingerprint density at radius 1 is 1.33 bits per heavy atom. The second-order valence-electron chi connectivity index (χ2n) is 3.19. The van der Waals surface area contributed by atoms with Crippen LogP contribution in [0.5, 0.6) is 0 Å². The zero-order valence-corrected chi connectivity index (χ0v) is 6.27. The molecule has 1 aliphatic carbocycles. The van der Waals surface area contributed by atoms with E-state index in [0.29, 0.717) is 0 Å². The van der Waals surface area contributed by atoms with Crippen LogP contribution in [0.4, 0.5) is 0 Å². The van der Waals surface area contributed by atoms with Crippen LogP contribution in [0, 0.1) is 11.8 Å². The Bertz CT molecular complexity index is 70.6. The smallest absolute Gasteiger partial charge is 0.00488 e. The lowest BCUT2D eigenvalue weighted by atomic mass is 10.0. The summed E-state index contributed by atoms with van der Waals surface area (Å²) >= 11 is 0. The van der Waals surface area contributed by atoms with E-state index < -0.39 is 0 Å². The molecule has 54 valence electrons. The van der Waals surface area contributed by atoms with Crippen molar-refractivity contribution in [2.24, 2.45) is 17.6 Å². The molecule has 1 heteroatoms. The van der Waals surface area contributed by atoms with Crippen LogP contribution in [0.25, 0.3) is 0 Å². The first-order valence-corrected chi connectivity index (χ1v) is 4.06. The summed E-state index contributed by atoms with van der Waals surface area (Å²) < 4.78 is 0. The fraction of sp³-hybridized carbons (Fsp3) is 1.00. The third-order valence-corrected chi connectivity index (χ3v) is 2.56. The molecule has 0 radical (unpaired) electrons. The molecule has 0 aromatic rings. The molecule has 1 fully saturated rings. The summed E-state index contributed by atoms with van der Waals surface area (Å²) in [4.78, 5) is 0. The Morgan fingerprint density at radius 2 is 2.00 bits per heavy atom. The largest absolute Gasteiger partial charge is 0.330 e. The maximum absolute atomic E-state index is 5.55. The van der Waals surface area contributed by atoms with E-state index in [0.717, 1.165) is 18.4 Å². The van der Waals surface area contributed by atoms with E-state index in [1.165, 1.54) is 25.7 Å². The number of hydrogen-bond acceptors (Lipinski definition) is 1. The highest BCUT2D eigenvalue weighted by molar-refractivity contribution is 4.74. The molecule has 1 rings (SSSR count). The predicted molar refractivity (Wildman–Crippen MR) is 40.2 cm³/mol. The zero-order valence-electron chi connectivity index (χ0n) is 6.27. The third kappa shape index (κ3) is 1.68. The van der Waals surface area contributed by atoms with Crippen molar-refractivity contribution < 1.29 is 0 Å². The van der Waals surface area contributed by atoms with Gasteiger partial charge in [-0.25, -0.2) is 0 Å². The lowest BCUT2D eigenvalue weighted by molar-refractivity contribution is 0.486. The first kappa shape index (κ1) is 7.07. The van der Waals surface area contributed by atoms with Crippen LogP contribution in [0.2, 0.25) is 0 Å². The molecule has 1 saturated carbocycles. The molecule has 0 unspecified atom stereocenters. The van der Waals surface area contributed by atoms with Gasteiger partial charge >= 0.3 is 0 Å². The number of nitrogens with two attached hydrogens (primary N) is 1. The van der Waals surface area contributed by atoms with Crippen molar-refractivity contribution in [1.29, 1.82) is 0 Å². The molecule has 1 nitrogen and oxygen atoms in total. The van der Waals surface area contributed by atoms with Gasteiger partial charge in [-0.2, -0.15) is 0 Å². The summed E-state index contributed by atoms with van der Waals surface area (Å²) in [5.41, 5.74) is 5.55. The molecule has 1 aliphatic rings. The molecule has 9 heavy (non-hydrogen) atoms. The minimum atomic E-state index is 0.856. The maximum atomic E-state index is 5.55. The molecule has 2 atom stereocenters. The Kier molecular flexibility index (Phi) is 2.52. The lowest BCUT2D eigenvalue weighted by Gasteiger charge is -2.05. The molecule has 0 bridgehead atoms. The maximum Gasteiger partial charge on any atom is -0.00488 e. The molecule has 0 aromatic carbocycles. The average Bonchev–Trinajstić information content (AvgIpc) is 2.34. The first-order valence-electron chi connectivity index (χ1n) is 4.06. The van der Waals surface area contributed by atoms with Gasteiger partial charge in [0.2, 0.25) is 0 Å². The van der Waals surface area contributed by atoms with Gasteiger partial charge in [-0.1, -0.05) is 19.8 Å². The molecular formula is C8H17N. The van der Waals surface area contributed by atoms with Gasteiger partial charge in [0.1, 0.15) is 0 Å². The van der Waals surface area contributed by atoms with Crippen molar-refractivity contribution in [2.45, 2.75) is 32.6 Å². The average molecular weight is 127 g/mol. The highest BCUT2D eigenvalue weighted by atomic mass is 14.6. The van der Waals surface area contributed by atoms with E-state index in [1.54, 1.807) is 0 Å². The highest BCUT2D eigenvalue weighted by Crippen LogP contribution is 2.31. The van der Waals surface area contributed by atoms with Gasteiger partial charge in [-0.3, -0.25) is 0 Å². The molecule has 0 amide bonds. The van der Waals surface area contributed by atoms with Gasteiger partial charge in [0.25, 0.3) is 0 Å². The van der Waals surface area contributed by atoms with E-state index in [9.17, 15) is 0 Å². The van der Waals surface area contributed by atoms with Gasteiger partial charge < -0.3 is 5.73 Å². The third-order valence-electron chi connectivity index (χ3n) is 2.56. The Balaban J connectivity index is 2.20. The van der Waals surface area contributed by atoms with Crippen molar-refractivity contribution in [3.8, 4) is 0 Å². The van der Waals surface area contributed by atoms with Crippen molar-refractivity contribution in [2.75, 3.05) is 6.54 Å². The van der Waals surface area contributed by atoms with Crippen molar-refractivity contribution in [3.05, 3.63) is 0 Å². The lowest BCUT2D eigenvalue weighted by Crippen LogP contribution is -2.10. The molecule has 0 spiro atoms. The van der Waals surface area contributed by atoms with Crippen LogP contribution in [-0.4, -0.2) is 6.54 Å². The summed E-state index contributed by atoms with van der Waals surface area (Å²) in [5, 5.41) is 0. The van der Waals surface area contributed by atoms with Crippen molar-refractivity contribution >= 4 is 0 Å². The van der Waals surface area contributed by atoms with Gasteiger partial charge in [0, 0.05) is 0 Å². The van der Waals surface area contributed by atoms with E-state index in [4.69, 9.17) is 5.73 Å². The standard InChI is InChI=1S/C8H17N/c1-2-7-3-4-8(5-7)6-9/h7-8H,2-6,9H2,1H3/t7-,8+/m0/s1. The van der Waals surface area contributed by atoms with Crippen molar-refractivity contribution in [1.82, 2.24) is 0 Å². The first-order chi connectivity index (χ1) is 4.36. The second-order valence-corrected chi connectivity index (χ2v) is 3.19. The summed E-state index contributed by atoms with van der Waals surface area (Å²) in [6, 6.07) is 0. The van der Waals surface area contributed by atoms with Crippen LogP contribution >= 0.6 is 0 Å². The highest BCUT2D eigenvalue weighted by Gasteiger charge is 2.21. The van der Waals surface area contributed by atoms with Gasteiger partial charge in [0.05, 0.1) is 0 Å². The predicted octanol–water partition coefficient (Wildman–Crippen LogP) is 1.77. The van der Waals surface area contributed by atoms with Crippen LogP contribution in [0.1, 0.15) is 32.6 Å². The summed E-state index contributed by atoms with van der Waals surface area (Å²) in [7, 11) is 0. The number of hydrogen-bond donors (Lipinski definition) is 1. The zero-order chi connectivity index (χ0) is 6.69. The summed E-state index contributed by atoms with van der Waals surface area (Å²) in [5.74, 6) is 1.86.